The number of nitrogens with zero attached hydrogens (tertiary/aromatic N) is 2. The third-order valence-electron chi connectivity index (χ3n) is 4.10. The van der Waals surface area contributed by atoms with Gasteiger partial charge in [-0.25, -0.2) is 9.69 Å². The van der Waals surface area contributed by atoms with Crippen molar-refractivity contribution in [1.29, 1.82) is 5.26 Å². The molecular weight excluding hydrogens is 398 g/mol. The standard InChI is InChI=1S/C20H14ClN3O5/c21-13-3-5-14(6-4-13)24-18(26)15-7-2-12(10-16(15)19(24)27)20(28)29-11-17(25)23-9-1-8-22/h2-7,10H,1,9,11H2,(H,23,25). The number of rotatable bonds is 6. The molecule has 0 unspecified atom stereocenters. The van der Waals surface area contributed by atoms with E-state index < -0.39 is 30.3 Å². The zero-order valence-electron chi connectivity index (χ0n) is 15.0. The summed E-state index contributed by atoms with van der Waals surface area (Å²) in [5.74, 6) is -2.44. The number of nitrogens with one attached hydrogen (secondary N) is 1. The molecule has 0 aliphatic carbocycles. The van der Waals surface area contributed by atoms with E-state index in [1.807, 2.05) is 6.07 Å². The second-order valence-electron chi connectivity index (χ2n) is 6.02. The number of esters is 1. The zero-order valence-corrected chi connectivity index (χ0v) is 15.7. The second-order valence-corrected chi connectivity index (χ2v) is 6.45. The predicted molar refractivity (Wildman–Crippen MR) is 103 cm³/mol. The lowest BCUT2D eigenvalue weighted by Crippen LogP contribution is -2.29. The van der Waals surface area contributed by atoms with Crippen LogP contribution in [0.4, 0.5) is 5.69 Å². The fourth-order valence-electron chi connectivity index (χ4n) is 2.72. The van der Waals surface area contributed by atoms with Gasteiger partial charge in [-0.05, 0) is 42.5 Å². The number of anilines is 1. The molecule has 3 rings (SSSR count). The lowest BCUT2D eigenvalue weighted by atomic mass is 10.1. The highest BCUT2D eigenvalue weighted by molar-refractivity contribution is 6.35. The maximum atomic E-state index is 12.7. The van der Waals surface area contributed by atoms with Gasteiger partial charge in [0, 0.05) is 11.6 Å². The molecule has 0 spiro atoms. The Bertz CT molecular complexity index is 1040. The van der Waals surface area contributed by atoms with E-state index in [0.29, 0.717) is 10.7 Å². The Balaban J connectivity index is 1.72. The Morgan fingerprint density at radius 1 is 1.07 bits per heavy atom. The first-order valence-electron chi connectivity index (χ1n) is 8.51. The average Bonchev–Trinajstić information content (AvgIpc) is 2.97. The van der Waals surface area contributed by atoms with Crippen LogP contribution in [0, 0.1) is 11.3 Å². The molecule has 0 saturated carbocycles. The number of benzene rings is 2. The summed E-state index contributed by atoms with van der Waals surface area (Å²) in [5, 5.41) is 11.3. The normalized spacial score (nSPS) is 12.3. The molecule has 1 N–H and O–H groups in total. The molecule has 2 aromatic carbocycles. The van der Waals surface area contributed by atoms with E-state index >= 15 is 0 Å². The van der Waals surface area contributed by atoms with E-state index in [0.717, 1.165) is 4.90 Å². The highest BCUT2D eigenvalue weighted by Gasteiger charge is 2.37. The molecule has 0 aromatic heterocycles. The smallest absolute Gasteiger partial charge is 0.338 e. The highest BCUT2D eigenvalue weighted by atomic mass is 35.5. The number of carbonyl (C=O) groups excluding carboxylic acids is 4. The van der Waals surface area contributed by atoms with E-state index in [2.05, 4.69) is 5.32 Å². The van der Waals surface area contributed by atoms with Crippen LogP contribution in [0.2, 0.25) is 5.02 Å². The van der Waals surface area contributed by atoms with Gasteiger partial charge in [0.2, 0.25) is 0 Å². The van der Waals surface area contributed by atoms with Crippen molar-refractivity contribution in [2.45, 2.75) is 6.42 Å². The fraction of sp³-hybridized carbons (Fsp3) is 0.150. The first kappa shape index (κ1) is 20.0. The summed E-state index contributed by atoms with van der Waals surface area (Å²) in [6, 6.07) is 12.1. The summed E-state index contributed by atoms with van der Waals surface area (Å²) < 4.78 is 4.91. The molecule has 8 nitrogen and oxygen atoms in total. The highest BCUT2D eigenvalue weighted by Crippen LogP contribution is 2.30. The fourth-order valence-corrected chi connectivity index (χ4v) is 2.84. The third-order valence-corrected chi connectivity index (χ3v) is 4.35. The first-order chi connectivity index (χ1) is 13.9. The van der Waals surface area contributed by atoms with Crippen LogP contribution >= 0.6 is 11.6 Å². The van der Waals surface area contributed by atoms with Crippen molar-refractivity contribution in [2.24, 2.45) is 0 Å². The summed E-state index contributed by atoms with van der Waals surface area (Å²) in [7, 11) is 0. The number of nitriles is 1. The minimum Gasteiger partial charge on any atom is -0.452 e. The van der Waals surface area contributed by atoms with Gasteiger partial charge in [-0.15, -0.1) is 0 Å². The average molecular weight is 412 g/mol. The number of ether oxygens (including phenoxy) is 1. The van der Waals surface area contributed by atoms with Gasteiger partial charge in [-0.2, -0.15) is 5.26 Å². The summed E-state index contributed by atoms with van der Waals surface area (Å²) in [5.41, 5.74) is 0.625. The number of fused-ring (bicyclic) bond motifs is 1. The van der Waals surface area contributed by atoms with Crippen molar-refractivity contribution < 1.29 is 23.9 Å². The number of imide groups is 1. The van der Waals surface area contributed by atoms with Crippen molar-refractivity contribution in [3.63, 3.8) is 0 Å². The quantitative estimate of drug-likeness (QED) is 0.443. The molecule has 0 saturated heterocycles. The van der Waals surface area contributed by atoms with E-state index in [4.69, 9.17) is 21.6 Å². The summed E-state index contributed by atoms with van der Waals surface area (Å²) >= 11 is 5.84. The molecule has 1 aliphatic heterocycles. The van der Waals surface area contributed by atoms with E-state index in [-0.39, 0.29) is 29.7 Å². The van der Waals surface area contributed by atoms with E-state index in [1.54, 1.807) is 24.3 Å². The number of amides is 3. The summed E-state index contributed by atoms with van der Waals surface area (Å²) in [6.45, 7) is -0.367. The Labute approximate surface area is 170 Å². The Morgan fingerprint density at radius 2 is 1.76 bits per heavy atom. The van der Waals surface area contributed by atoms with Crippen molar-refractivity contribution in [1.82, 2.24) is 5.32 Å². The van der Waals surface area contributed by atoms with Crippen LogP contribution in [0.15, 0.2) is 42.5 Å². The largest absolute Gasteiger partial charge is 0.452 e. The van der Waals surface area contributed by atoms with Gasteiger partial charge < -0.3 is 10.1 Å². The van der Waals surface area contributed by atoms with Gasteiger partial charge in [0.15, 0.2) is 6.61 Å². The Hall–Kier alpha value is -3.70. The molecule has 3 amide bonds. The Kier molecular flexibility index (Phi) is 5.90. The molecule has 29 heavy (non-hydrogen) atoms. The first-order valence-corrected chi connectivity index (χ1v) is 8.89. The van der Waals surface area contributed by atoms with Crippen LogP contribution in [0.3, 0.4) is 0 Å². The molecule has 146 valence electrons. The molecule has 9 heteroatoms. The van der Waals surface area contributed by atoms with Crippen LogP contribution in [0.1, 0.15) is 37.5 Å². The van der Waals surface area contributed by atoms with Gasteiger partial charge >= 0.3 is 5.97 Å². The lowest BCUT2D eigenvalue weighted by molar-refractivity contribution is -0.124. The minimum absolute atomic E-state index is 0.0349. The molecular formula is C20H14ClN3O5. The van der Waals surface area contributed by atoms with Crippen molar-refractivity contribution >= 4 is 41.0 Å². The van der Waals surface area contributed by atoms with Gasteiger partial charge in [-0.1, -0.05) is 11.6 Å². The zero-order chi connectivity index (χ0) is 21.0. The molecule has 1 heterocycles. The van der Waals surface area contributed by atoms with Crippen molar-refractivity contribution in [3.05, 3.63) is 64.2 Å². The number of hydrogen-bond donors (Lipinski definition) is 1. The van der Waals surface area contributed by atoms with Gasteiger partial charge in [0.25, 0.3) is 17.7 Å². The molecule has 1 aliphatic rings. The predicted octanol–water partition coefficient (Wildman–Crippen LogP) is 2.33. The van der Waals surface area contributed by atoms with Crippen LogP contribution < -0.4 is 10.2 Å². The maximum Gasteiger partial charge on any atom is 0.338 e. The van der Waals surface area contributed by atoms with Crippen LogP contribution in [0.25, 0.3) is 0 Å². The van der Waals surface area contributed by atoms with Crippen LogP contribution in [-0.2, 0) is 9.53 Å². The van der Waals surface area contributed by atoms with Crippen molar-refractivity contribution in [2.75, 3.05) is 18.1 Å². The van der Waals surface area contributed by atoms with E-state index in [9.17, 15) is 19.2 Å². The topological polar surface area (TPSA) is 117 Å². The third kappa shape index (κ3) is 4.25. The molecule has 0 bridgehead atoms. The second kappa shape index (κ2) is 8.54. The van der Waals surface area contributed by atoms with Gasteiger partial charge in [-0.3, -0.25) is 14.4 Å². The minimum atomic E-state index is -0.812. The summed E-state index contributed by atoms with van der Waals surface area (Å²) in [6.07, 6.45) is 0.144. The van der Waals surface area contributed by atoms with Crippen LogP contribution in [-0.4, -0.2) is 36.8 Å². The van der Waals surface area contributed by atoms with E-state index in [1.165, 1.54) is 18.2 Å². The SMILES string of the molecule is N#CCCNC(=O)COC(=O)c1ccc2c(c1)C(=O)N(c1ccc(Cl)cc1)C2=O. The number of carbonyl (C=O) groups is 4. The lowest BCUT2D eigenvalue weighted by Gasteiger charge is -2.13. The molecule has 2 aromatic rings. The molecule has 0 radical (unpaired) electrons. The van der Waals surface area contributed by atoms with Gasteiger partial charge in [0.05, 0.1) is 34.9 Å². The van der Waals surface area contributed by atoms with Gasteiger partial charge in [0.1, 0.15) is 0 Å². The molecule has 0 fully saturated rings. The monoisotopic (exact) mass is 411 g/mol. The van der Waals surface area contributed by atoms with Crippen molar-refractivity contribution in [3.8, 4) is 6.07 Å². The van der Waals surface area contributed by atoms with Crippen LogP contribution in [0.5, 0.6) is 0 Å². The number of hydrogen-bond acceptors (Lipinski definition) is 6. The Morgan fingerprint density at radius 3 is 2.45 bits per heavy atom. The maximum absolute atomic E-state index is 12.7. The number of halogens is 1. The summed E-state index contributed by atoms with van der Waals surface area (Å²) in [4.78, 5) is 50.0. The molecule has 0 atom stereocenters.